The fourth-order valence-electron chi connectivity index (χ4n) is 0.475. The molecule has 7 heteroatoms. The first-order valence-electron chi connectivity index (χ1n) is 4.02. The van der Waals surface area contributed by atoms with E-state index in [4.69, 9.17) is 14.1 Å². The van der Waals surface area contributed by atoms with Gasteiger partial charge in [0, 0.05) is 0 Å². The molecule has 5 nitrogen and oxygen atoms in total. The topological polar surface area (TPSA) is 54.0 Å². The summed E-state index contributed by atoms with van der Waals surface area (Å²) in [4.78, 5) is 10.4. The number of carbonyl (C=O) groups excluding carboxylic acids is 1. The van der Waals surface area contributed by atoms with Crippen LogP contribution in [0.25, 0.3) is 0 Å². The van der Waals surface area contributed by atoms with Gasteiger partial charge in [0.1, 0.15) is 0 Å². The zero-order valence-corrected chi connectivity index (χ0v) is 14.5. The van der Waals surface area contributed by atoms with E-state index in [9.17, 15) is 4.79 Å². The van der Waals surface area contributed by atoms with Gasteiger partial charge in [-0.05, 0) is 0 Å². The molecule has 0 aliphatic rings. The third kappa shape index (κ3) is 9.03. The third-order valence-electron chi connectivity index (χ3n) is 0.889. The Bertz CT molecular complexity index is 139. The van der Waals surface area contributed by atoms with Crippen molar-refractivity contribution in [3.63, 3.8) is 0 Å². The molecule has 0 N–H and O–H groups in total. The molecule has 0 saturated heterocycles. The first-order chi connectivity index (χ1) is 6.20. The van der Waals surface area contributed by atoms with Gasteiger partial charge < -0.3 is 0 Å². The van der Waals surface area contributed by atoms with E-state index in [2.05, 4.69) is 0 Å². The first-order valence-corrected chi connectivity index (χ1v) is 9.61. The van der Waals surface area contributed by atoms with Crippen molar-refractivity contribution in [2.24, 2.45) is 0 Å². The first kappa shape index (κ1) is 13.7. The van der Waals surface area contributed by atoms with Crippen molar-refractivity contribution in [1.82, 2.24) is 0 Å². The van der Waals surface area contributed by atoms with Gasteiger partial charge in [0.15, 0.2) is 0 Å². The number of carbonyl (C=O) groups is 1. The molecule has 13 heavy (non-hydrogen) atoms. The quantitative estimate of drug-likeness (QED) is 0.485. The molecule has 0 unspecified atom stereocenters. The Morgan fingerprint density at radius 2 is 1.85 bits per heavy atom. The second-order valence-corrected chi connectivity index (χ2v) is 8.21. The van der Waals surface area contributed by atoms with Gasteiger partial charge in [0.25, 0.3) is 0 Å². The normalized spacial score (nSPS) is 9.85. The predicted octanol–water partition coefficient (Wildman–Crippen LogP) is 1.78. The molecule has 0 aromatic heterocycles. The molecule has 0 rings (SSSR count). The monoisotopic (exact) mass is 398 g/mol. The number of rotatable bonds is 7. The van der Waals surface area contributed by atoms with E-state index >= 15 is 0 Å². The van der Waals surface area contributed by atoms with E-state index in [1.165, 1.54) is 6.92 Å². The van der Waals surface area contributed by atoms with Crippen molar-refractivity contribution < 1.29 is 44.4 Å². The van der Waals surface area contributed by atoms with Gasteiger partial charge in [-0.15, -0.1) is 0 Å². The van der Waals surface area contributed by atoms with Gasteiger partial charge in [-0.2, -0.15) is 0 Å². The Hall–Kier alpha value is 0.715. The van der Waals surface area contributed by atoms with Gasteiger partial charge in [0.2, 0.25) is 0 Å². The van der Waals surface area contributed by atoms with Gasteiger partial charge >= 0.3 is 93.0 Å². The number of hydrogen-bond donors (Lipinski definition) is 0. The fraction of sp³-hybridized carbons (Fsp3) is 0.833. The summed E-state index contributed by atoms with van der Waals surface area (Å²) in [6.07, 6.45) is 0. The maximum atomic E-state index is 10.4. The molecule has 0 aliphatic heterocycles. The van der Waals surface area contributed by atoms with Crippen molar-refractivity contribution in [3.8, 4) is 0 Å². The number of hydrogen-bond acceptors (Lipinski definition) is 5. The minimum absolute atomic E-state index is 0.287. The zero-order valence-electron chi connectivity index (χ0n) is 8.11. The Kier molecular flexibility index (Phi) is 9.79. The van der Waals surface area contributed by atoms with Crippen LogP contribution in [0.2, 0.25) is 0 Å². The molecule has 0 radical (unpaired) electrons. The molecule has 0 fully saturated rings. The standard InChI is InChI=1S/C4H10O3P.C2H4O2.Hg/c1-3-6-8(5)7-4-2;1-2(3)4;/h3-4H2,1-2H3;1H3,(H,3,4);/q-1;;+2/p-1. The molecular weight excluding hydrogens is 384 g/mol. The van der Waals surface area contributed by atoms with Crippen LogP contribution in [0.4, 0.5) is 0 Å². The maximum absolute atomic E-state index is 10.4. The molecule has 0 aromatic carbocycles. The molecule has 0 bridgehead atoms. The molecule has 0 saturated carbocycles. The average Bonchev–Trinajstić information content (AvgIpc) is 2.04. The van der Waals surface area contributed by atoms with Crippen molar-refractivity contribution in [2.45, 2.75) is 20.8 Å². The Labute approximate surface area is 92.8 Å². The van der Waals surface area contributed by atoms with E-state index in [0.29, 0.717) is 13.2 Å². The molecule has 0 amide bonds. The van der Waals surface area contributed by atoms with Crippen LogP contribution in [0.3, 0.4) is 0 Å². The van der Waals surface area contributed by atoms with Crippen LogP contribution in [-0.2, 0) is 44.4 Å². The Morgan fingerprint density at radius 1 is 1.31 bits per heavy atom. The van der Waals surface area contributed by atoms with E-state index in [-0.39, 0.29) is 5.97 Å². The SMILES string of the molecule is CCOP(OCC)[O][Hg][O]C(C)=O. The van der Waals surface area contributed by atoms with Crippen LogP contribution in [0.5, 0.6) is 0 Å². The van der Waals surface area contributed by atoms with E-state index in [1.54, 1.807) is 0 Å². The summed E-state index contributed by atoms with van der Waals surface area (Å²) in [5.74, 6) is -0.287. The van der Waals surface area contributed by atoms with Crippen LogP contribution in [-0.4, -0.2) is 19.2 Å². The molecule has 74 valence electrons. The van der Waals surface area contributed by atoms with Crippen molar-refractivity contribution in [1.29, 1.82) is 0 Å². The van der Waals surface area contributed by atoms with E-state index in [0.717, 1.165) is 0 Å². The van der Waals surface area contributed by atoms with Crippen LogP contribution < -0.4 is 0 Å². The summed E-state index contributed by atoms with van der Waals surface area (Å²) in [5.41, 5.74) is 0. The predicted molar refractivity (Wildman–Crippen MR) is 43.0 cm³/mol. The van der Waals surface area contributed by atoms with Gasteiger partial charge in [-0.25, -0.2) is 0 Å². The van der Waals surface area contributed by atoms with Crippen LogP contribution in [0.15, 0.2) is 0 Å². The summed E-state index contributed by atoms with van der Waals surface area (Å²) in [6, 6.07) is 0. The van der Waals surface area contributed by atoms with Crippen LogP contribution in [0.1, 0.15) is 20.8 Å². The zero-order chi connectivity index (χ0) is 10.1. The Balaban J connectivity index is 3.49. The molecule has 0 aliphatic carbocycles. The molecule has 0 spiro atoms. The second kappa shape index (κ2) is 9.28. The van der Waals surface area contributed by atoms with E-state index < -0.39 is 34.1 Å². The van der Waals surface area contributed by atoms with Crippen molar-refractivity contribution in [3.05, 3.63) is 0 Å². The van der Waals surface area contributed by atoms with Crippen LogP contribution >= 0.6 is 8.60 Å². The minimum atomic E-state index is -2.00. The van der Waals surface area contributed by atoms with Crippen LogP contribution in [0, 0.1) is 0 Å². The summed E-state index contributed by atoms with van der Waals surface area (Å²) in [6.45, 7) is 6.17. The summed E-state index contributed by atoms with van der Waals surface area (Å²) in [7, 11) is -1.27. The van der Waals surface area contributed by atoms with Gasteiger partial charge in [-0.3, -0.25) is 0 Å². The van der Waals surface area contributed by atoms with Gasteiger partial charge in [0.05, 0.1) is 0 Å². The summed E-state index contributed by atoms with van der Waals surface area (Å²) < 4.78 is 20.3. The Morgan fingerprint density at radius 3 is 2.23 bits per heavy atom. The fourth-order valence-corrected chi connectivity index (χ4v) is 5.26. The molecule has 0 atom stereocenters. The van der Waals surface area contributed by atoms with Crippen molar-refractivity contribution >= 4 is 14.6 Å². The summed E-state index contributed by atoms with van der Waals surface area (Å²) >= 11 is -2.00. The molecule has 0 heterocycles. The van der Waals surface area contributed by atoms with E-state index in [1.807, 2.05) is 13.8 Å². The van der Waals surface area contributed by atoms with Gasteiger partial charge in [-0.1, -0.05) is 0 Å². The van der Waals surface area contributed by atoms with Crippen molar-refractivity contribution in [2.75, 3.05) is 13.2 Å². The third-order valence-corrected chi connectivity index (χ3v) is 7.87. The second-order valence-electron chi connectivity index (χ2n) is 1.94. The molecule has 0 aromatic rings. The average molecular weight is 397 g/mol. The molecular formula is C6H13HgO5P. The summed E-state index contributed by atoms with van der Waals surface area (Å²) in [5, 5.41) is 0.